The molecule has 0 aliphatic carbocycles. The monoisotopic (exact) mass is 511 g/mol. The second-order valence-corrected chi connectivity index (χ2v) is 9.23. The number of carbonyl (C=O) groups excluding carboxylic acids is 1. The molecule has 1 aliphatic rings. The van der Waals surface area contributed by atoms with E-state index >= 15 is 0 Å². The third kappa shape index (κ3) is 4.88. The number of fused-ring (bicyclic) bond motifs is 1. The summed E-state index contributed by atoms with van der Waals surface area (Å²) in [6, 6.07) is 19.9. The minimum Gasteiger partial charge on any atom is -0.494 e. The summed E-state index contributed by atoms with van der Waals surface area (Å²) >= 11 is 1.28. The highest BCUT2D eigenvalue weighted by molar-refractivity contribution is 7.07. The highest BCUT2D eigenvalue weighted by atomic mass is 32.1. The molecule has 0 N–H and O–H groups in total. The number of nitrogens with zero attached hydrogens (tertiary/aromatic N) is 3. The molecule has 1 atom stereocenters. The van der Waals surface area contributed by atoms with E-state index in [4.69, 9.17) is 14.5 Å². The lowest BCUT2D eigenvalue weighted by Gasteiger charge is -2.26. The molecule has 8 heteroatoms. The third-order valence-corrected chi connectivity index (χ3v) is 6.85. The van der Waals surface area contributed by atoms with Gasteiger partial charge in [0.1, 0.15) is 5.75 Å². The van der Waals surface area contributed by atoms with Gasteiger partial charge in [0.2, 0.25) is 0 Å². The summed E-state index contributed by atoms with van der Waals surface area (Å²) in [4.78, 5) is 36.8. The van der Waals surface area contributed by atoms with Gasteiger partial charge in [-0.1, -0.05) is 59.9 Å². The lowest BCUT2D eigenvalue weighted by molar-refractivity contribution is -0.138. The SMILES string of the molecule is CCOC(=O)C1=C(c2ccccc2)N=c2s/c(=C/c3cccnc3)c(=O)n2[C@@H]1c1ccc(OCC)cc1. The van der Waals surface area contributed by atoms with Crippen LogP contribution >= 0.6 is 11.3 Å². The fourth-order valence-electron chi connectivity index (χ4n) is 4.28. The highest BCUT2D eigenvalue weighted by Gasteiger charge is 2.35. The van der Waals surface area contributed by atoms with E-state index in [2.05, 4.69) is 4.98 Å². The second kappa shape index (κ2) is 10.8. The first-order valence-electron chi connectivity index (χ1n) is 12.0. The van der Waals surface area contributed by atoms with Crippen molar-refractivity contribution >= 4 is 29.1 Å². The Kier molecular flexibility index (Phi) is 7.09. The number of ether oxygens (including phenoxy) is 2. The van der Waals surface area contributed by atoms with Crippen LogP contribution in [0.5, 0.6) is 5.75 Å². The van der Waals surface area contributed by atoms with Gasteiger partial charge in [-0.3, -0.25) is 14.3 Å². The van der Waals surface area contributed by atoms with Crippen LogP contribution in [0, 0.1) is 0 Å². The van der Waals surface area contributed by atoms with Crippen LogP contribution in [0.3, 0.4) is 0 Å². The summed E-state index contributed by atoms with van der Waals surface area (Å²) in [5.74, 6) is 0.200. The molecule has 3 heterocycles. The Morgan fingerprint density at radius 1 is 1.03 bits per heavy atom. The first-order chi connectivity index (χ1) is 18.1. The molecule has 0 saturated carbocycles. The van der Waals surface area contributed by atoms with Gasteiger partial charge in [0.05, 0.1) is 35.1 Å². The molecular formula is C29H25N3O4S. The van der Waals surface area contributed by atoms with Crippen LogP contribution in [0.1, 0.15) is 36.6 Å². The predicted molar refractivity (Wildman–Crippen MR) is 143 cm³/mol. The van der Waals surface area contributed by atoms with Gasteiger partial charge in [0, 0.05) is 18.0 Å². The van der Waals surface area contributed by atoms with Gasteiger partial charge in [-0.05, 0) is 49.2 Å². The quantitative estimate of drug-likeness (QED) is 0.353. The summed E-state index contributed by atoms with van der Waals surface area (Å²) in [6.07, 6.45) is 5.17. The molecule has 0 bridgehead atoms. The number of hydrogen-bond donors (Lipinski definition) is 0. The smallest absolute Gasteiger partial charge is 0.338 e. The van der Waals surface area contributed by atoms with Crippen molar-refractivity contribution in [1.29, 1.82) is 0 Å². The molecule has 0 spiro atoms. The number of esters is 1. The average molecular weight is 512 g/mol. The minimum atomic E-state index is -0.725. The van der Waals surface area contributed by atoms with Gasteiger partial charge in [-0.25, -0.2) is 9.79 Å². The number of benzene rings is 2. The zero-order chi connectivity index (χ0) is 25.8. The Labute approximate surface area is 217 Å². The maximum absolute atomic E-state index is 13.8. The lowest BCUT2D eigenvalue weighted by Crippen LogP contribution is -2.40. The zero-order valence-corrected chi connectivity index (χ0v) is 21.3. The molecule has 2 aromatic heterocycles. The van der Waals surface area contributed by atoms with Crippen molar-refractivity contribution < 1.29 is 14.3 Å². The van der Waals surface area contributed by atoms with Crippen molar-refractivity contribution in [3.8, 4) is 5.75 Å². The molecule has 186 valence electrons. The van der Waals surface area contributed by atoms with E-state index in [1.807, 2.05) is 73.7 Å². The molecular weight excluding hydrogens is 486 g/mol. The van der Waals surface area contributed by atoms with Crippen LogP contribution in [0.4, 0.5) is 0 Å². The molecule has 5 rings (SSSR count). The van der Waals surface area contributed by atoms with Crippen molar-refractivity contribution in [2.45, 2.75) is 19.9 Å². The van der Waals surface area contributed by atoms with Gasteiger partial charge in [0.25, 0.3) is 5.56 Å². The van der Waals surface area contributed by atoms with Gasteiger partial charge < -0.3 is 9.47 Å². The minimum absolute atomic E-state index is 0.200. The van der Waals surface area contributed by atoms with E-state index in [0.29, 0.717) is 33.0 Å². The lowest BCUT2D eigenvalue weighted by atomic mass is 9.93. The Hall–Kier alpha value is -4.30. The summed E-state index contributed by atoms with van der Waals surface area (Å²) in [6.45, 7) is 4.42. The fraction of sp³-hybridized carbons (Fsp3) is 0.172. The molecule has 0 radical (unpaired) electrons. The summed E-state index contributed by atoms with van der Waals surface area (Å²) in [7, 11) is 0. The van der Waals surface area contributed by atoms with Crippen molar-refractivity contribution in [3.05, 3.63) is 121 Å². The van der Waals surface area contributed by atoms with Crippen molar-refractivity contribution in [1.82, 2.24) is 9.55 Å². The number of hydrogen-bond acceptors (Lipinski definition) is 7. The largest absolute Gasteiger partial charge is 0.494 e. The van der Waals surface area contributed by atoms with Gasteiger partial charge in [-0.2, -0.15) is 0 Å². The zero-order valence-electron chi connectivity index (χ0n) is 20.5. The Balaban J connectivity index is 1.80. The van der Waals surface area contributed by atoms with Gasteiger partial charge in [-0.15, -0.1) is 0 Å². The van der Waals surface area contributed by atoms with E-state index in [0.717, 1.165) is 16.7 Å². The van der Waals surface area contributed by atoms with Gasteiger partial charge >= 0.3 is 5.97 Å². The Bertz CT molecular complexity index is 1620. The molecule has 37 heavy (non-hydrogen) atoms. The van der Waals surface area contributed by atoms with Crippen LogP contribution in [0.2, 0.25) is 0 Å². The normalized spacial score (nSPS) is 15.2. The van der Waals surface area contributed by atoms with Crippen molar-refractivity contribution in [3.63, 3.8) is 0 Å². The highest BCUT2D eigenvalue weighted by Crippen LogP contribution is 2.35. The van der Waals surface area contributed by atoms with E-state index in [1.54, 1.807) is 30.0 Å². The van der Waals surface area contributed by atoms with Crippen molar-refractivity contribution in [2.75, 3.05) is 13.2 Å². The standard InChI is InChI=1S/C29H25N3O4S/c1-3-35-22-14-12-21(13-15-22)26-24(28(34)36-4-2)25(20-10-6-5-7-11-20)31-29-32(26)27(33)23(37-29)17-19-9-8-16-30-18-19/h5-18,26H,3-4H2,1-2H3/b23-17+/t26-/m1/s1. The Morgan fingerprint density at radius 3 is 2.49 bits per heavy atom. The van der Waals surface area contributed by atoms with Crippen LogP contribution in [-0.2, 0) is 9.53 Å². The summed E-state index contributed by atoms with van der Waals surface area (Å²) in [5, 5.41) is 0. The molecule has 7 nitrogen and oxygen atoms in total. The molecule has 1 aliphatic heterocycles. The number of thiazole rings is 1. The van der Waals surface area contributed by atoms with Crippen molar-refractivity contribution in [2.24, 2.45) is 4.99 Å². The summed E-state index contributed by atoms with van der Waals surface area (Å²) in [5.41, 5.74) is 2.90. The number of rotatable bonds is 7. The van der Waals surface area contributed by atoms with Crippen LogP contribution in [-0.4, -0.2) is 28.7 Å². The van der Waals surface area contributed by atoms with Gasteiger partial charge in [0.15, 0.2) is 4.80 Å². The molecule has 2 aromatic carbocycles. The van der Waals surface area contributed by atoms with E-state index in [1.165, 1.54) is 11.3 Å². The fourth-order valence-corrected chi connectivity index (χ4v) is 5.28. The predicted octanol–water partition coefficient (Wildman–Crippen LogP) is 3.73. The number of aromatic nitrogens is 2. The topological polar surface area (TPSA) is 82.8 Å². The first-order valence-corrected chi connectivity index (χ1v) is 12.8. The first kappa shape index (κ1) is 24.4. The maximum Gasteiger partial charge on any atom is 0.338 e. The van der Waals surface area contributed by atoms with Crippen LogP contribution in [0.15, 0.2) is 94.5 Å². The Morgan fingerprint density at radius 2 is 1.81 bits per heavy atom. The number of pyridine rings is 1. The van der Waals surface area contributed by atoms with Crippen LogP contribution < -0.4 is 19.6 Å². The second-order valence-electron chi connectivity index (χ2n) is 8.22. The van der Waals surface area contributed by atoms with E-state index < -0.39 is 12.0 Å². The summed E-state index contributed by atoms with van der Waals surface area (Å²) < 4.78 is 13.2. The van der Waals surface area contributed by atoms with Crippen LogP contribution in [0.25, 0.3) is 11.8 Å². The third-order valence-electron chi connectivity index (χ3n) is 5.86. The molecule has 0 saturated heterocycles. The molecule has 0 unspecified atom stereocenters. The number of carbonyl (C=O) groups is 1. The average Bonchev–Trinajstić information content (AvgIpc) is 3.24. The molecule has 0 amide bonds. The molecule has 0 fully saturated rings. The molecule has 4 aromatic rings. The van der Waals surface area contributed by atoms with E-state index in [9.17, 15) is 9.59 Å². The maximum atomic E-state index is 13.8. The van der Waals surface area contributed by atoms with E-state index in [-0.39, 0.29) is 12.2 Å².